The lowest BCUT2D eigenvalue weighted by Crippen LogP contribution is -2.35. The molecule has 0 saturated heterocycles. The third-order valence-electron chi connectivity index (χ3n) is 6.95. The number of hydrogen-bond acceptors (Lipinski definition) is 5. The molecule has 0 spiro atoms. The molecule has 0 radical (unpaired) electrons. The van der Waals surface area contributed by atoms with Crippen LogP contribution in [0.4, 0.5) is 4.39 Å². The Morgan fingerprint density at radius 2 is 1.35 bits per heavy atom. The Balaban J connectivity index is 1.61. The highest BCUT2D eigenvalue weighted by Crippen LogP contribution is 2.29. The molecular weight excluding hydrogens is 551 g/mol. The number of nitrogens with zero attached hydrogens (tertiary/aromatic N) is 1. The van der Waals surface area contributed by atoms with Crippen LogP contribution in [0.3, 0.4) is 0 Å². The number of ether oxygens (including phenoxy) is 2. The highest BCUT2D eigenvalue weighted by molar-refractivity contribution is 6.06. The number of halogens is 1. The molecule has 0 saturated carbocycles. The van der Waals surface area contributed by atoms with Crippen molar-refractivity contribution in [2.75, 3.05) is 27.3 Å². The van der Waals surface area contributed by atoms with Crippen molar-refractivity contribution in [2.45, 2.75) is 19.4 Å². The maximum Gasteiger partial charge on any atom is 0.305 e. The first-order chi connectivity index (χ1) is 20.8. The van der Waals surface area contributed by atoms with Crippen LogP contribution < -0.4 is 14.8 Å². The average Bonchev–Trinajstić information content (AvgIpc) is 3.03. The summed E-state index contributed by atoms with van der Waals surface area (Å²) in [7, 11) is 3.11. The quantitative estimate of drug-likeness (QED) is 0.212. The van der Waals surface area contributed by atoms with E-state index in [0.717, 1.165) is 11.1 Å². The van der Waals surface area contributed by atoms with Gasteiger partial charge in [0, 0.05) is 36.8 Å². The summed E-state index contributed by atoms with van der Waals surface area (Å²) in [6, 6.07) is 25.2. The molecule has 9 heteroatoms. The van der Waals surface area contributed by atoms with Gasteiger partial charge in [-0.1, -0.05) is 48.5 Å². The van der Waals surface area contributed by atoms with E-state index in [2.05, 4.69) is 5.32 Å². The summed E-state index contributed by atoms with van der Waals surface area (Å²) in [6.07, 6.45) is 0.210. The molecule has 0 aliphatic heterocycles. The number of carbonyl (C=O) groups is 3. The van der Waals surface area contributed by atoms with E-state index in [0.29, 0.717) is 40.2 Å². The van der Waals surface area contributed by atoms with Crippen LogP contribution in [0.1, 0.15) is 38.3 Å². The Morgan fingerprint density at radius 3 is 1.95 bits per heavy atom. The second-order valence-corrected chi connectivity index (χ2v) is 9.81. The van der Waals surface area contributed by atoms with Gasteiger partial charge in [0.05, 0.1) is 20.6 Å². The summed E-state index contributed by atoms with van der Waals surface area (Å²) in [5.41, 5.74) is 3.41. The third kappa shape index (κ3) is 8.19. The Kier molecular flexibility index (Phi) is 10.5. The van der Waals surface area contributed by atoms with Crippen molar-refractivity contribution in [1.82, 2.24) is 10.2 Å². The topological polar surface area (TPSA) is 105 Å². The lowest BCUT2D eigenvalue weighted by molar-refractivity contribution is -0.137. The molecule has 0 aliphatic rings. The average molecular weight is 585 g/mol. The zero-order valence-electron chi connectivity index (χ0n) is 24.0. The number of nitrogens with one attached hydrogen (secondary N) is 1. The van der Waals surface area contributed by atoms with E-state index in [1.807, 2.05) is 12.1 Å². The monoisotopic (exact) mass is 584 g/mol. The van der Waals surface area contributed by atoms with Gasteiger partial charge in [-0.2, -0.15) is 0 Å². The molecule has 2 amide bonds. The molecule has 0 heterocycles. The summed E-state index contributed by atoms with van der Waals surface area (Å²) in [5.74, 6) is -0.862. The molecule has 4 aromatic carbocycles. The van der Waals surface area contributed by atoms with E-state index in [4.69, 9.17) is 9.47 Å². The van der Waals surface area contributed by atoms with Crippen LogP contribution in [0.2, 0.25) is 0 Å². The van der Waals surface area contributed by atoms with Crippen molar-refractivity contribution >= 4 is 17.8 Å². The second-order valence-electron chi connectivity index (χ2n) is 9.81. The smallest absolute Gasteiger partial charge is 0.305 e. The molecule has 4 rings (SSSR count). The summed E-state index contributed by atoms with van der Waals surface area (Å²) in [6.45, 7) is 0.450. The summed E-state index contributed by atoms with van der Waals surface area (Å²) in [5, 5.41) is 12.2. The van der Waals surface area contributed by atoms with Crippen LogP contribution >= 0.6 is 0 Å². The maximum atomic E-state index is 14.0. The Labute approximate surface area is 249 Å². The van der Waals surface area contributed by atoms with Crippen molar-refractivity contribution in [1.29, 1.82) is 0 Å². The number of benzene rings is 4. The number of aliphatic carboxylic acids is 1. The highest BCUT2D eigenvalue weighted by atomic mass is 19.1. The number of hydrogen-bond donors (Lipinski definition) is 2. The minimum absolute atomic E-state index is 0.00338. The normalized spacial score (nSPS) is 10.6. The summed E-state index contributed by atoms with van der Waals surface area (Å²) in [4.78, 5) is 40.2. The molecule has 0 atom stereocenters. The molecule has 2 N–H and O–H groups in total. The van der Waals surface area contributed by atoms with E-state index in [1.165, 1.54) is 17.0 Å². The molecule has 0 bridgehead atoms. The second kappa shape index (κ2) is 14.6. The zero-order chi connectivity index (χ0) is 30.8. The van der Waals surface area contributed by atoms with Crippen LogP contribution in [0.15, 0.2) is 91.0 Å². The van der Waals surface area contributed by atoms with Crippen LogP contribution in [0.25, 0.3) is 11.1 Å². The fourth-order valence-electron chi connectivity index (χ4n) is 4.69. The Bertz CT molecular complexity index is 1570. The molecule has 43 heavy (non-hydrogen) atoms. The molecule has 222 valence electrons. The molecular formula is C34H33FN2O6. The number of carbonyl (C=O) groups excluding carboxylic acids is 2. The van der Waals surface area contributed by atoms with Crippen molar-refractivity contribution in [3.05, 3.63) is 119 Å². The fraction of sp³-hybridized carbons (Fsp3) is 0.206. The van der Waals surface area contributed by atoms with Gasteiger partial charge in [-0.15, -0.1) is 0 Å². The number of amides is 2. The van der Waals surface area contributed by atoms with Crippen molar-refractivity contribution in [3.8, 4) is 22.6 Å². The minimum atomic E-state index is -1.02. The Hall–Kier alpha value is -5.18. The van der Waals surface area contributed by atoms with Gasteiger partial charge in [-0.05, 0) is 65.1 Å². The SMILES string of the molecule is COc1cc(CCN(CCC(=O)O)C(=O)c2ccccc2-c2ccccc2C(=O)NCc2ccc(F)cc2)cc(OC)c1. The van der Waals surface area contributed by atoms with Gasteiger partial charge in [-0.3, -0.25) is 14.4 Å². The van der Waals surface area contributed by atoms with E-state index in [-0.39, 0.29) is 43.7 Å². The van der Waals surface area contributed by atoms with Crippen LogP contribution in [-0.4, -0.2) is 55.1 Å². The van der Waals surface area contributed by atoms with Crippen LogP contribution in [-0.2, 0) is 17.8 Å². The van der Waals surface area contributed by atoms with Gasteiger partial charge < -0.3 is 24.8 Å². The first-order valence-electron chi connectivity index (χ1n) is 13.7. The van der Waals surface area contributed by atoms with Gasteiger partial charge in [0.25, 0.3) is 11.8 Å². The lowest BCUT2D eigenvalue weighted by Gasteiger charge is -2.24. The number of methoxy groups -OCH3 is 2. The van der Waals surface area contributed by atoms with Gasteiger partial charge >= 0.3 is 5.97 Å². The van der Waals surface area contributed by atoms with Crippen molar-refractivity contribution in [2.24, 2.45) is 0 Å². The third-order valence-corrected chi connectivity index (χ3v) is 6.95. The van der Waals surface area contributed by atoms with Gasteiger partial charge in [0.1, 0.15) is 17.3 Å². The highest BCUT2D eigenvalue weighted by Gasteiger charge is 2.23. The lowest BCUT2D eigenvalue weighted by atomic mass is 9.94. The molecule has 0 aliphatic carbocycles. The molecule has 8 nitrogen and oxygen atoms in total. The van der Waals surface area contributed by atoms with Gasteiger partial charge in [0.15, 0.2) is 0 Å². The van der Waals surface area contributed by atoms with Crippen LogP contribution in [0, 0.1) is 5.82 Å². The Morgan fingerprint density at radius 1 is 0.767 bits per heavy atom. The maximum absolute atomic E-state index is 14.0. The van der Waals surface area contributed by atoms with E-state index < -0.39 is 5.97 Å². The summed E-state index contributed by atoms with van der Waals surface area (Å²) >= 11 is 0. The van der Waals surface area contributed by atoms with Crippen molar-refractivity contribution in [3.63, 3.8) is 0 Å². The standard InChI is InChI=1S/C34H33FN2O6/c1-42-26-19-24(20-27(21-26)43-2)15-17-37(18-16-32(38)39)34(41)31-10-6-4-8-29(31)28-7-3-5-9-30(28)33(40)36-22-23-11-13-25(35)14-12-23/h3-14,19-21H,15-18,22H2,1-2H3,(H,36,40)(H,38,39). The largest absolute Gasteiger partial charge is 0.497 e. The van der Waals surface area contributed by atoms with E-state index in [1.54, 1.807) is 80.9 Å². The summed E-state index contributed by atoms with van der Waals surface area (Å²) < 4.78 is 24.0. The number of carboxylic acids is 1. The van der Waals surface area contributed by atoms with E-state index in [9.17, 15) is 23.9 Å². The predicted octanol–water partition coefficient (Wildman–Crippen LogP) is 5.60. The van der Waals surface area contributed by atoms with Crippen LogP contribution in [0.5, 0.6) is 11.5 Å². The molecule has 0 aromatic heterocycles. The fourth-order valence-corrected chi connectivity index (χ4v) is 4.69. The minimum Gasteiger partial charge on any atom is -0.497 e. The van der Waals surface area contributed by atoms with Gasteiger partial charge in [0.2, 0.25) is 0 Å². The first-order valence-corrected chi connectivity index (χ1v) is 13.7. The molecule has 0 fully saturated rings. The zero-order valence-corrected chi connectivity index (χ0v) is 24.0. The molecule has 0 unspecified atom stereocenters. The predicted molar refractivity (Wildman–Crippen MR) is 161 cm³/mol. The number of rotatable bonds is 13. The van der Waals surface area contributed by atoms with E-state index >= 15 is 0 Å². The van der Waals surface area contributed by atoms with Gasteiger partial charge in [-0.25, -0.2) is 4.39 Å². The first kappa shape index (κ1) is 30.8. The number of carboxylic acid groups (broad SMARTS) is 1. The molecule has 4 aromatic rings. The van der Waals surface area contributed by atoms with Crippen molar-refractivity contribution < 1.29 is 33.4 Å².